The minimum atomic E-state index is -1.08. The molecule has 15 heteroatoms. The number of methoxy groups -OCH3 is 1. The van der Waals surface area contributed by atoms with E-state index in [0.717, 1.165) is 30.4 Å². The number of piperazine rings is 1. The number of hydrogen-bond donors (Lipinski definition) is 1. The number of aryl methyl sites for hydroxylation is 1. The van der Waals surface area contributed by atoms with E-state index in [9.17, 15) is 14.4 Å². The Morgan fingerprint density at radius 3 is 2.31 bits per heavy atom. The third kappa shape index (κ3) is 7.59. The standard InChI is InChI=1S/C37H43ClF2N8O4/c1-23-29(22-47(43-23)16-19-52-5)26-8-9-28(33(40)32(26)39)31-21-41-34(44(31)2)35(49)42-25-6-7-27(30(38)20-25)37(51)46-14-12-45(13-15-46)36(50)24-10-17-48(3,4)18-11-24/h6-9,20-22,24H,10-19H2,1-5H3/p+1. The molecule has 4 aromatic rings. The van der Waals surface area contributed by atoms with Crippen LogP contribution in [0.2, 0.25) is 5.02 Å². The number of aromatic nitrogens is 4. The Labute approximate surface area is 306 Å². The molecule has 0 spiro atoms. The molecule has 2 aliphatic heterocycles. The van der Waals surface area contributed by atoms with Gasteiger partial charge in [-0.1, -0.05) is 17.7 Å². The van der Waals surface area contributed by atoms with Gasteiger partial charge in [0.25, 0.3) is 11.8 Å². The number of ether oxygens (including phenoxy) is 1. The summed E-state index contributed by atoms with van der Waals surface area (Å²) >= 11 is 6.54. The number of nitrogens with zero attached hydrogens (tertiary/aromatic N) is 7. The number of anilines is 1. The van der Waals surface area contributed by atoms with Crippen molar-refractivity contribution in [1.29, 1.82) is 0 Å². The molecule has 0 radical (unpaired) electrons. The molecular formula is C37H44ClF2N8O4+. The molecule has 1 N–H and O–H groups in total. The van der Waals surface area contributed by atoms with Gasteiger partial charge in [0.15, 0.2) is 17.5 Å². The number of nitrogens with one attached hydrogen (secondary N) is 1. The first-order valence-corrected chi connectivity index (χ1v) is 17.7. The van der Waals surface area contributed by atoms with Crippen molar-refractivity contribution >= 4 is 35.0 Å². The molecule has 2 saturated heterocycles. The van der Waals surface area contributed by atoms with Crippen LogP contribution in [0.15, 0.2) is 42.7 Å². The molecule has 52 heavy (non-hydrogen) atoms. The lowest BCUT2D eigenvalue weighted by Gasteiger charge is -2.40. The van der Waals surface area contributed by atoms with E-state index in [4.69, 9.17) is 16.3 Å². The smallest absolute Gasteiger partial charge is 0.291 e. The first-order chi connectivity index (χ1) is 24.8. The van der Waals surface area contributed by atoms with Crippen LogP contribution in [0.4, 0.5) is 14.5 Å². The lowest BCUT2D eigenvalue weighted by atomic mass is 9.94. The molecule has 0 atom stereocenters. The van der Waals surface area contributed by atoms with Crippen molar-refractivity contribution < 1.29 is 32.4 Å². The highest BCUT2D eigenvalue weighted by atomic mass is 35.5. The number of imidazole rings is 1. The number of piperidine rings is 1. The number of benzene rings is 2. The van der Waals surface area contributed by atoms with Crippen molar-refractivity contribution in [2.24, 2.45) is 13.0 Å². The van der Waals surface area contributed by atoms with Gasteiger partial charge < -0.3 is 28.9 Å². The monoisotopic (exact) mass is 737 g/mol. The van der Waals surface area contributed by atoms with Crippen LogP contribution in [-0.2, 0) is 23.1 Å². The van der Waals surface area contributed by atoms with E-state index in [2.05, 4.69) is 29.5 Å². The highest BCUT2D eigenvalue weighted by Gasteiger charge is 2.35. The van der Waals surface area contributed by atoms with Crippen molar-refractivity contribution in [2.75, 3.05) is 72.4 Å². The second-order valence-electron chi connectivity index (χ2n) is 14.1. The van der Waals surface area contributed by atoms with E-state index in [1.54, 1.807) is 41.9 Å². The summed E-state index contributed by atoms with van der Waals surface area (Å²) in [6, 6.07) is 7.52. The predicted molar refractivity (Wildman–Crippen MR) is 193 cm³/mol. The predicted octanol–water partition coefficient (Wildman–Crippen LogP) is 4.86. The Kier molecular flexibility index (Phi) is 10.8. The highest BCUT2D eigenvalue weighted by molar-refractivity contribution is 6.34. The molecule has 3 amide bonds. The summed E-state index contributed by atoms with van der Waals surface area (Å²) in [5.41, 5.74) is 1.81. The third-order valence-electron chi connectivity index (χ3n) is 10.2. The number of carbonyl (C=O) groups excluding carboxylic acids is 3. The molecule has 0 unspecified atom stereocenters. The highest BCUT2D eigenvalue weighted by Crippen LogP contribution is 2.33. The quantitative estimate of drug-likeness (QED) is 0.246. The van der Waals surface area contributed by atoms with Crippen LogP contribution in [-0.4, -0.2) is 118 Å². The van der Waals surface area contributed by atoms with E-state index in [1.165, 1.54) is 36.0 Å². The van der Waals surface area contributed by atoms with E-state index < -0.39 is 17.5 Å². The van der Waals surface area contributed by atoms with Crippen LogP contribution in [0.1, 0.15) is 39.5 Å². The number of quaternary nitrogens is 1. The van der Waals surface area contributed by atoms with E-state index in [1.807, 2.05) is 4.90 Å². The maximum absolute atomic E-state index is 15.5. The molecule has 4 heterocycles. The summed E-state index contributed by atoms with van der Waals surface area (Å²) < 4.78 is 40.0. The molecular weight excluding hydrogens is 694 g/mol. The van der Waals surface area contributed by atoms with Gasteiger partial charge in [-0.3, -0.25) is 19.1 Å². The van der Waals surface area contributed by atoms with Crippen LogP contribution >= 0.6 is 11.6 Å². The second kappa shape index (κ2) is 15.1. The lowest BCUT2D eigenvalue weighted by Crippen LogP contribution is -2.54. The zero-order chi connectivity index (χ0) is 37.3. The Balaban J connectivity index is 1.09. The fraction of sp³-hybridized carbons (Fsp3) is 0.432. The number of likely N-dealkylation sites (tertiary alicyclic amines) is 1. The topological polar surface area (TPSA) is 115 Å². The van der Waals surface area contributed by atoms with Crippen molar-refractivity contribution in [3.05, 3.63) is 76.5 Å². The minimum Gasteiger partial charge on any atom is -0.383 e. The third-order valence-corrected chi connectivity index (χ3v) is 10.5. The van der Waals surface area contributed by atoms with Gasteiger partial charge in [-0.05, 0) is 31.2 Å². The summed E-state index contributed by atoms with van der Waals surface area (Å²) in [5.74, 6) is -2.82. The summed E-state index contributed by atoms with van der Waals surface area (Å²) in [4.78, 5) is 47.5. The number of halogens is 3. The largest absolute Gasteiger partial charge is 0.383 e. The molecule has 2 fully saturated rings. The van der Waals surface area contributed by atoms with Crippen LogP contribution in [0, 0.1) is 24.5 Å². The zero-order valence-electron chi connectivity index (χ0n) is 30.1. The molecule has 0 saturated carbocycles. The fourth-order valence-corrected chi connectivity index (χ4v) is 7.19. The summed E-state index contributed by atoms with van der Waals surface area (Å²) in [7, 11) is 7.48. The SMILES string of the molecule is COCCn1cc(-c2ccc(-c3cnc(C(=O)Nc4ccc(C(=O)N5CCN(C(=O)C6CC[N+](C)(C)CC6)CC5)c(Cl)c4)n3C)c(F)c2F)c(C)n1. The van der Waals surface area contributed by atoms with E-state index in [-0.39, 0.29) is 51.0 Å². The Bertz CT molecular complexity index is 1990. The molecule has 276 valence electrons. The van der Waals surface area contributed by atoms with Crippen LogP contribution in [0.3, 0.4) is 0 Å². The maximum atomic E-state index is 15.5. The normalized spacial score (nSPS) is 16.3. The fourth-order valence-electron chi connectivity index (χ4n) is 6.93. The van der Waals surface area contributed by atoms with Gasteiger partial charge >= 0.3 is 0 Å². The summed E-state index contributed by atoms with van der Waals surface area (Å²) in [5, 5.41) is 7.24. The van der Waals surface area contributed by atoms with Gasteiger partial charge in [-0.25, -0.2) is 13.8 Å². The van der Waals surface area contributed by atoms with Crippen LogP contribution < -0.4 is 5.32 Å². The van der Waals surface area contributed by atoms with Gasteiger partial charge in [0.1, 0.15) is 0 Å². The van der Waals surface area contributed by atoms with Gasteiger partial charge in [0.2, 0.25) is 5.91 Å². The van der Waals surface area contributed by atoms with Gasteiger partial charge in [0.05, 0.1) is 68.5 Å². The van der Waals surface area contributed by atoms with Crippen LogP contribution in [0.5, 0.6) is 0 Å². The summed E-state index contributed by atoms with van der Waals surface area (Å²) in [6.45, 7) is 6.32. The van der Waals surface area contributed by atoms with E-state index >= 15 is 8.78 Å². The average Bonchev–Trinajstić information content (AvgIpc) is 3.69. The van der Waals surface area contributed by atoms with Gasteiger partial charge in [-0.15, -0.1) is 0 Å². The van der Waals surface area contributed by atoms with Crippen LogP contribution in [0.25, 0.3) is 22.4 Å². The second-order valence-corrected chi connectivity index (χ2v) is 14.5. The molecule has 6 rings (SSSR count). The number of hydrogen-bond acceptors (Lipinski definition) is 6. The Hall–Kier alpha value is -4.66. The number of rotatable bonds is 9. The van der Waals surface area contributed by atoms with Crippen molar-refractivity contribution in [1.82, 2.24) is 29.1 Å². The molecule has 0 bridgehead atoms. The first-order valence-electron chi connectivity index (χ1n) is 17.3. The molecule has 12 nitrogen and oxygen atoms in total. The number of carbonyl (C=O) groups is 3. The van der Waals surface area contributed by atoms with Crippen molar-refractivity contribution in [2.45, 2.75) is 26.3 Å². The van der Waals surface area contributed by atoms with Gasteiger partial charge in [-0.2, -0.15) is 5.10 Å². The molecule has 2 aliphatic rings. The Morgan fingerprint density at radius 2 is 1.63 bits per heavy atom. The molecule has 0 aliphatic carbocycles. The van der Waals surface area contributed by atoms with Gasteiger partial charge in [0, 0.05) is 87.7 Å². The number of amides is 3. The summed E-state index contributed by atoms with van der Waals surface area (Å²) in [6.07, 6.45) is 4.71. The van der Waals surface area contributed by atoms with Crippen molar-refractivity contribution in [3.8, 4) is 22.4 Å². The minimum absolute atomic E-state index is 0.0390. The lowest BCUT2D eigenvalue weighted by molar-refractivity contribution is -0.895. The van der Waals surface area contributed by atoms with E-state index in [0.29, 0.717) is 56.3 Å². The van der Waals surface area contributed by atoms with Crippen molar-refractivity contribution in [3.63, 3.8) is 0 Å². The molecule has 2 aromatic heterocycles. The zero-order valence-corrected chi connectivity index (χ0v) is 30.8. The Morgan fingerprint density at radius 1 is 0.981 bits per heavy atom. The average molecular weight is 738 g/mol. The first kappa shape index (κ1) is 37.1. The maximum Gasteiger partial charge on any atom is 0.291 e. The molecule has 2 aromatic carbocycles.